The Hall–Kier alpha value is -1.23. The van der Waals surface area contributed by atoms with E-state index in [0.717, 1.165) is 0 Å². The summed E-state index contributed by atoms with van der Waals surface area (Å²) in [5.74, 6) is -0.151. The lowest BCUT2D eigenvalue weighted by molar-refractivity contribution is -0.133. The Morgan fingerprint density at radius 1 is 1.69 bits per heavy atom. The first-order valence-corrected chi connectivity index (χ1v) is 4.55. The largest absolute Gasteiger partial charge is 0.495 e. The van der Waals surface area contributed by atoms with Crippen molar-refractivity contribution in [3.63, 3.8) is 0 Å². The van der Waals surface area contributed by atoms with Gasteiger partial charge in [0.25, 0.3) is 0 Å². The monoisotopic (exact) mass is 199 g/mol. The van der Waals surface area contributed by atoms with Crippen LogP contribution in [0.15, 0.2) is 23.4 Å². The van der Waals surface area contributed by atoms with Crippen molar-refractivity contribution in [1.29, 1.82) is 0 Å². The van der Waals surface area contributed by atoms with E-state index in [1.807, 2.05) is 0 Å². The maximum Gasteiger partial charge on any atom is 0.313 e. The molecule has 1 aromatic rings. The number of nitrogens with zero attached hydrogens (tertiary/aromatic N) is 1. The second-order valence-corrected chi connectivity index (χ2v) is 3.21. The average Bonchev–Trinajstić information content (AvgIpc) is 2.15. The summed E-state index contributed by atoms with van der Waals surface area (Å²) in [5, 5.41) is 9.09. The van der Waals surface area contributed by atoms with Crippen molar-refractivity contribution in [3.05, 3.63) is 18.3 Å². The van der Waals surface area contributed by atoms with Gasteiger partial charge in [-0.1, -0.05) is 11.8 Å². The van der Waals surface area contributed by atoms with Gasteiger partial charge in [-0.15, -0.1) is 0 Å². The van der Waals surface area contributed by atoms with Gasteiger partial charge in [-0.25, -0.2) is 4.98 Å². The number of hydrogen-bond acceptors (Lipinski definition) is 4. The molecular formula is C8H9NO3S. The second kappa shape index (κ2) is 4.71. The third-order valence-corrected chi connectivity index (χ3v) is 2.22. The van der Waals surface area contributed by atoms with Crippen LogP contribution >= 0.6 is 11.8 Å². The molecule has 1 heterocycles. The van der Waals surface area contributed by atoms with E-state index in [1.54, 1.807) is 25.4 Å². The Labute approximate surface area is 79.9 Å². The van der Waals surface area contributed by atoms with Crippen LogP contribution < -0.4 is 4.74 Å². The van der Waals surface area contributed by atoms with E-state index in [2.05, 4.69) is 4.98 Å². The van der Waals surface area contributed by atoms with Crippen LogP contribution in [0, 0.1) is 0 Å². The van der Waals surface area contributed by atoms with Gasteiger partial charge < -0.3 is 9.84 Å². The van der Waals surface area contributed by atoms with Crippen molar-refractivity contribution in [3.8, 4) is 5.75 Å². The molecule has 0 aromatic carbocycles. The molecule has 13 heavy (non-hydrogen) atoms. The van der Waals surface area contributed by atoms with Crippen LogP contribution in [0.2, 0.25) is 0 Å². The van der Waals surface area contributed by atoms with Crippen LogP contribution in [-0.4, -0.2) is 28.9 Å². The summed E-state index contributed by atoms with van der Waals surface area (Å²) in [5.41, 5.74) is 0. The molecule has 0 aliphatic carbocycles. The molecule has 0 saturated carbocycles. The summed E-state index contributed by atoms with van der Waals surface area (Å²) < 4.78 is 4.91. The molecule has 0 unspecified atom stereocenters. The molecule has 0 radical (unpaired) electrons. The van der Waals surface area contributed by atoms with Crippen molar-refractivity contribution in [2.75, 3.05) is 12.9 Å². The van der Waals surface area contributed by atoms with Crippen LogP contribution in [0.1, 0.15) is 0 Å². The minimum atomic E-state index is -0.845. The molecule has 1 rings (SSSR count). The Morgan fingerprint density at radius 2 is 2.46 bits per heavy atom. The fourth-order valence-electron chi connectivity index (χ4n) is 0.709. The van der Waals surface area contributed by atoms with Gasteiger partial charge in [0, 0.05) is 0 Å². The standard InChI is InChI=1S/C8H9NO3S/c1-12-6-2-3-7(9-4-6)13-5-8(10)11/h2-4H,5H2,1H3,(H,10,11). The van der Waals surface area contributed by atoms with Crippen molar-refractivity contribution in [2.45, 2.75) is 5.03 Å². The molecule has 70 valence electrons. The summed E-state index contributed by atoms with van der Waals surface area (Å²) in [7, 11) is 1.56. The summed E-state index contributed by atoms with van der Waals surface area (Å²) in [4.78, 5) is 14.2. The van der Waals surface area contributed by atoms with Gasteiger partial charge in [-0.2, -0.15) is 0 Å². The highest BCUT2D eigenvalue weighted by Gasteiger charge is 2.00. The predicted molar refractivity (Wildman–Crippen MR) is 49.1 cm³/mol. The highest BCUT2D eigenvalue weighted by Crippen LogP contribution is 2.17. The van der Waals surface area contributed by atoms with E-state index in [0.29, 0.717) is 10.8 Å². The van der Waals surface area contributed by atoms with Crippen LogP contribution in [0.3, 0.4) is 0 Å². The predicted octanol–water partition coefficient (Wildman–Crippen LogP) is 1.27. The zero-order valence-corrected chi connectivity index (χ0v) is 7.87. The highest BCUT2D eigenvalue weighted by atomic mass is 32.2. The van der Waals surface area contributed by atoms with Gasteiger partial charge in [0.1, 0.15) is 5.75 Å². The normalized spacial score (nSPS) is 9.62. The molecule has 1 aromatic heterocycles. The molecule has 1 N–H and O–H groups in total. The van der Waals surface area contributed by atoms with Crippen LogP contribution in [0.25, 0.3) is 0 Å². The Morgan fingerprint density at radius 3 is 2.92 bits per heavy atom. The molecule has 5 heteroatoms. The van der Waals surface area contributed by atoms with Gasteiger partial charge >= 0.3 is 5.97 Å². The number of carbonyl (C=O) groups is 1. The van der Waals surface area contributed by atoms with Crippen molar-refractivity contribution >= 4 is 17.7 Å². The van der Waals surface area contributed by atoms with Gasteiger partial charge in [-0.05, 0) is 12.1 Å². The minimum Gasteiger partial charge on any atom is -0.495 e. The van der Waals surface area contributed by atoms with Crippen molar-refractivity contribution < 1.29 is 14.6 Å². The number of carboxylic acids is 1. The third kappa shape index (κ3) is 3.33. The lowest BCUT2D eigenvalue weighted by atomic mass is 10.5. The zero-order chi connectivity index (χ0) is 9.68. The topological polar surface area (TPSA) is 59.4 Å². The Balaban J connectivity index is 2.54. The summed E-state index contributed by atoms with van der Waals surface area (Å²) in [6.45, 7) is 0. The lowest BCUT2D eigenvalue weighted by Crippen LogP contribution is -1.97. The lowest BCUT2D eigenvalue weighted by Gasteiger charge is -1.99. The number of thioether (sulfide) groups is 1. The number of methoxy groups -OCH3 is 1. The van der Waals surface area contributed by atoms with E-state index >= 15 is 0 Å². The van der Waals surface area contributed by atoms with E-state index in [4.69, 9.17) is 9.84 Å². The summed E-state index contributed by atoms with van der Waals surface area (Å²) >= 11 is 1.18. The fourth-order valence-corrected chi connectivity index (χ4v) is 1.27. The van der Waals surface area contributed by atoms with Crippen molar-refractivity contribution in [1.82, 2.24) is 4.98 Å². The van der Waals surface area contributed by atoms with Crippen LogP contribution in [0.4, 0.5) is 0 Å². The molecule has 0 aliphatic heterocycles. The second-order valence-electron chi connectivity index (χ2n) is 2.22. The number of carboxylic acid groups (broad SMARTS) is 1. The molecular weight excluding hydrogens is 190 g/mol. The van der Waals surface area contributed by atoms with Gasteiger partial charge in [0.2, 0.25) is 0 Å². The number of ether oxygens (including phenoxy) is 1. The van der Waals surface area contributed by atoms with Gasteiger partial charge in [0.15, 0.2) is 0 Å². The Kier molecular flexibility index (Phi) is 3.57. The quantitative estimate of drug-likeness (QED) is 0.740. The smallest absolute Gasteiger partial charge is 0.313 e. The number of pyridine rings is 1. The SMILES string of the molecule is COc1ccc(SCC(=O)O)nc1. The molecule has 0 atom stereocenters. The van der Waals surface area contributed by atoms with Crippen LogP contribution in [-0.2, 0) is 4.79 Å². The van der Waals surface area contributed by atoms with Crippen LogP contribution in [0.5, 0.6) is 5.75 Å². The number of aromatic nitrogens is 1. The number of rotatable bonds is 4. The summed E-state index contributed by atoms with van der Waals surface area (Å²) in [6.07, 6.45) is 1.56. The zero-order valence-electron chi connectivity index (χ0n) is 7.06. The van der Waals surface area contributed by atoms with Gasteiger partial charge in [-0.3, -0.25) is 4.79 Å². The fraction of sp³-hybridized carbons (Fsp3) is 0.250. The van der Waals surface area contributed by atoms with E-state index < -0.39 is 5.97 Å². The van der Waals surface area contributed by atoms with E-state index in [-0.39, 0.29) is 5.75 Å². The minimum absolute atomic E-state index is 0.0271. The highest BCUT2D eigenvalue weighted by molar-refractivity contribution is 7.99. The van der Waals surface area contributed by atoms with E-state index in [1.165, 1.54) is 11.8 Å². The molecule has 4 nitrogen and oxygen atoms in total. The van der Waals surface area contributed by atoms with E-state index in [9.17, 15) is 4.79 Å². The molecule has 0 fully saturated rings. The number of aliphatic carboxylic acids is 1. The number of hydrogen-bond donors (Lipinski definition) is 1. The first-order valence-electron chi connectivity index (χ1n) is 3.57. The molecule has 0 amide bonds. The maximum absolute atomic E-state index is 10.2. The molecule has 0 bridgehead atoms. The van der Waals surface area contributed by atoms with Gasteiger partial charge in [0.05, 0.1) is 24.1 Å². The molecule has 0 saturated heterocycles. The Bertz CT molecular complexity index is 286. The third-order valence-electron chi connectivity index (χ3n) is 1.29. The molecule has 0 spiro atoms. The van der Waals surface area contributed by atoms with Crippen molar-refractivity contribution in [2.24, 2.45) is 0 Å². The molecule has 0 aliphatic rings. The average molecular weight is 199 g/mol. The first kappa shape index (κ1) is 9.85. The first-order chi connectivity index (χ1) is 6.22. The maximum atomic E-state index is 10.2. The summed E-state index contributed by atoms with van der Waals surface area (Å²) in [6, 6.07) is 3.48.